The molecule has 0 aromatic carbocycles. The van der Waals surface area contributed by atoms with Crippen LogP contribution in [-0.2, 0) is 20.9 Å². The highest BCUT2D eigenvalue weighted by Crippen LogP contribution is 1.98. The summed E-state index contributed by atoms with van der Waals surface area (Å²) >= 11 is 0. The van der Waals surface area contributed by atoms with Crippen molar-refractivity contribution < 1.29 is 24.6 Å². The Labute approximate surface area is 102 Å². The minimum atomic E-state index is -1.25. The smallest absolute Gasteiger partial charge is 0.323 e. The minimum Gasteiger partial charge on any atom is -0.480 e. The van der Waals surface area contributed by atoms with E-state index in [-0.39, 0.29) is 13.0 Å². The van der Waals surface area contributed by atoms with Crippen LogP contribution in [0.25, 0.3) is 0 Å². The standard InChI is InChI=1S/C10H13N3O5/c14-8(2-5-13-4-1-3-11-13)12(6-9(15)16)7-10(17)18/h1,3-4H,2,5-7H2,(H,15,16)(H,17,18). The first-order valence-corrected chi connectivity index (χ1v) is 5.18. The summed E-state index contributed by atoms with van der Waals surface area (Å²) in [6.07, 6.45) is 3.21. The van der Waals surface area contributed by atoms with Crippen LogP contribution in [0.3, 0.4) is 0 Å². The van der Waals surface area contributed by atoms with Gasteiger partial charge in [0.2, 0.25) is 5.91 Å². The van der Waals surface area contributed by atoms with Crippen molar-refractivity contribution in [3.8, 4) is 0 Å². The third-order valence-corrected chi connectivity index (χ3v) is 2.12. The lowest BCUT2D eigenvalue weighted by molar-refractivity contribution is -0.149. The molecule has 8 heteroatoms. The fourth-order valence-corrected chi connectivity index (χ4v) is 1.36. The number of carbonyl (C=O) groups excluding carboxylic acids is 1. The molecular formula is C10H13N3O5. The van der Waals surface area contributed by atoms with Crippen molar-refractivity contribution in [3.63, 3.8) is 0 Å². The number of carbonyl (C=O) groups is 3. The van der Waals surface area contributed by atoms with E-state index in [1.165, 1.54) is 4.68 Å². The van der Waals surface area contributed by atoms with Crippen molar-refractivity contribution in [1.29, 1.82) is 0 Å². The molecule has 0 radical (unpaired) electrons. The quantitative estimate of drug-likeness (QED) is 0.664. The van der Waals surface area contributed by atoms with Crippen LogP contribution in [0.2, 0.25) is 0 Å². The molecule has 8 nitrogen and oxygen atoms in total. The Bertz CT molecular complexity index is 413. The number of carboxylic acid groups (broad SMARTS) is 2. The predicted octanol–water partition coefficient (Wildman–Crippen LogP) is -0.729. The molecule has 1 amide bonds. The lowest BCUT2D eigenvalue weighted by Crippen LogP contribution is -2.39. The molecule has 0 fully saturated rings. The maximum atomic E-state index is 11.7. The average Bonchev–Trinajstić information content (AvgIpc) is 2.76. The Kier molecular flexibility index (Phi) is 4.85. The molecule has 1 rings (SSSR count). The van der Waals surface area contributed by atoms with E-state index in [0.717, 1.165) is 4.90 Å². The molecule has 0 spiro atoms. The third kappa shape index (κ3) is 4.64. The molecule has 1 heterocycles. The Morgan fingerprint density at radius 2 is 1.78 bits per heavy atom. The van der Waals surface area contributed by atoms with Gasteiger partial charge in [-0.15, -0.1) is 0 Å². The number of amides is 1. The molecule has 0 aliphatic carbocycles. The second kappa shape index (κ2) is 6.38. The van der Waals surface area contributed by atoms with Crippen LogP contribution in [0.5, 0.6) is 0 Å². The van der Waals surface area contributed by atoms with Crippen molar-refractivity contribution in [2.24, 2.45) is 0 Å². The summed E-state index contributed by atoms with van der Waals surface area (Å²) in [5.41, 5.74) is 0. The van der Waals surface area contributed by atoms with Crippen LogP contribution in [0.15, 0.2) is 18.5 Å². The van der Waals surface area contributed by atoms with Crippen LogP contribution in [-0.4, -0.2) is 55.8 Å². The molecule has 0 atom stereocenters. The van der Waals surface area contributed by atoms with E-state index in [4.69, 9.17) is 10.2 Å². The molecule has 98 valence electrons. The fraction of sp³-hybridized carbons (Fsp3) is 0.400. The zero-order chi connectivity index (χ0) is 13.5. The largest absolute Gasteiger partial charge is 0.480 e. The lowest BCUT2D eigenvalue weighted by Gasteiger charge is -2.18. The number of aromatic nitrogens is 2. The molecule has 2 N–H and O–H groups in total. The van der Waals surface area contributed by atoms with Gasteiger partial charge in [0.25, 0.3) is 0 Å². The zero-order valence-electron chi connectivity index (χ0n) is 9.52. The summed E-state index contributed by atoms with van der Waals surface area (Å²) in [6, 6.07) is 1.69. The maximum Gasteiger partial charge on any atom is 0.323 e. The van der Waals surface area contributed by atoms with E-state index in [9.17, 15) is 14.4 Å². The number of carboxylic acids is 2. The van der Waals surface area contributed by atoms with Crippen LogP contribution in [0, 0.1) is 0 Å². The Balaban J connectivity index is 2.52. The van der Waals surface area contributed by atoms with Gasteiger partial charge in [0, 0.05) is 25.4 Å². The third-order valence-electron chi connectivity index (χ3n) is 2.12. The van der Waals surface area contributed by atoms with E-state index < -0.39 is 30.9 Å². The SMILES string of the molecule is O=C(O)CN(CC(=O)O)C(=O)CCn1cccn1. The number of hydrogen-bond acceptors (Lipinski definition) is 4. The topological polar surface area (TPSA) is 113 Å². The van der Waals surface area contributed by atoms with Crippen molar-refractivity contribution in [3.05, 3.63) is 18.5 Å². The van der Waals surface area contributed by atoms with Gasteiger partial charge >= 0.3 is 11.9 Å². The van der Waals surface area contributed by atoms with Gasteiger partial charge in [0.05, 0.1) is 0 Å². The Morgan fingerprint density at radius 3 is 2.22 bits per heavy atom. The minimum absolute atomic E-state index is 0.00222. The molecule has 1 aromatic heterocycles. The zero-order valence-corrected chi connectivity index (χ0v) is 9.52. The number of nitrogens with zero attached hydrogens (tertiary/aromatic N) is 3. The van der Waals surface area contributed by atoms with Crippen LogP contribution < -0.4 is 0 Å². The van der Waals surface area contributed by atoms with Gasteiger partial charge in [-0.2, -0.15) is 5.10 Å². The molecule has 0 saturated carbocycles. The lowest BCUT2D eigenvalue weighted by atomic mass is 10.3. The van der Waals surface area contributed by atoms with Crippen molar-refractivity contribution in [2.45, 2.75) is 13.0 Å². The predicted molar refractivity (Wildman–Crippen MR) is 58.7 cm³/mol. The first-order chi connectivity index (χ1) is 8.49. The molecule has 0 bridgehead atoms. The van der Waals surface area contributed by atoms with Crippen molar-refractivity contribution >= 4 is 17.8 Å². The number of aliphatic carboxylic acids is 2. The summed E-state index contributed by atoms with van der Waals surface area (Å²) in [4.78, 5) is 33.5. The van der Waals surface area contributed by atoms with Gasteiger partial charge in [-0.1, -0.05) is 0 Å². The van der Waals surface area contributed by atoms with Gasteiger partial charge in [-0.3, -0.25) is 19.1 Å². The maximum absolute atomic E-state index is 11.7. The van der Waals surface area contributed by atoms with Gasteiger partial charge in [-0.25, -0.2) is 0 Å². The number of aryl methyl sites for hydroxylation is 1. The summed E-state index contributed by atoms with van der Waals surface area (Å²) in [7, 11) is 0. The second-order valence-electron chi connectivity index (χ2n) is 3.56. The van der Waals surface area contributed by atoms with Gasteiger partial charge in [-0.05, 0) is 6.07 Å². The van der Waals surface area contributed by atoms with Gasteiger partial charge in [0.15, 0.2) is 0 Å². The molecule has 0 saturated heterocycles. The molecule has 0 aliphatic heterocycles. The molecule has 18 heavy (non-hydrogen) atoms. The number of rotatable bonds is 7. The normalized spacial score (nSPS) is 10.0. The summed E-state index contributed by atoms with van der Waals surface area (Å²) in [5, 5.41) is 21.1. The summed E-state index contributed by atoms with van der Waals surface area (Å²) < 4.78 is 1.51. The molecule has 1 aromatic rings. The first kappa shape index (κ1) is 13.7. The van der Waals surface area contributed by atoms with Crippen LogP contribution in [0.4, 0.5) is 0 Å². The second-order valence-corrected chi connectivity index (χ2v) is 3.56. The van der Waals surface area contributed by atoms with Gasteiger partial charge in [0.1, 0.15) is 13.1 Å². The average molecular weight is 255 g/mol. The van der Waals surface area contributed by atoms with E-state index in [1.807, 2.05) is 0 Å². The fourth-order valence-electron chi connectivity index (χ4n) is 1.36. The van der Waals surface area contributed by atoms with Crippen LogP contribution >= 0.6 is 0 Å². The molecule has 0 unspecified atom stereocenters. The highest BCUT2D eigenvalue weighted by atomic mass is 16.4. The Hall–Kier alpha value is -2.38. The van der Waals surface area contributed by atoms with Crippen molar-refractivity contribution in [1.82, 2.24) is 14.7 Å². The molecule has 0 aliphatic rings. The first-order valence-electron chi connectivity index (χ1n) is 5.18. The van der Waals surface area contributed by atoms with Crippen LogP contribution in [0.1, 0.15) is 6.42 Å². The Morgan fingerprint density at radius 1 is 1.17 bits per heavy atom. The van der Waals surface area contributed by atoms with Gasteiger partial charge < -0.3 is 15.1 Å². The van der Waals surface area contributed by atoms with E-state index in [2.05, 4.69) is 5.10 Å². The number of hydrogen-bond donors (Lipinski definition) is 2. The highest BCUT2D eigenvalue weighted by molar-refractivity contribution is 5.85. The summed E-state index contributed by atoms with van der Waals surface area (Å²) in [6.45, 7) is -0.962. The van der Waals surface area contributed by atoms with E-state index in [0.29, 0.717) is 0 Å². The highest BCUT2D eigenvalue weighted by Gasteiger charge is 2.19. The van der Waals surface area contributed by atoms with E-state index >= 15 is 0 Å². The van der Waals surface area contributed by atoms with E-state index in [1.54, 1.807) is 18.5 Å². The summed E-state index contributed by atoms with van der Waals surface area (Å²) in [5.74, 6) is -3.03. The van der Waals surface area contributed by atoms with Crippen molar-refractivity contribution in [2.75, 3.05) is 13.1 Å². The monoisotopic (exact) mass is 255 g/mol. The molecular weight excluding hydrogens is 242 g/mol.